The highest BCUT2D eigenvalue weighted by Gasteiger charge is 2.70. The molecule has 2 rings (SSSR count). The Bertz CT molecular complexity index is 349. The van der Waals surface area contributed by atoms with Crippen molar-refractivity contribution in [2.75, 3.05) is 13.2 Å². The van der Waals surface area contributed by atoms with Crippen LogP contribution in [0.1, 0.15) is 19.8 Å². The van der Waals surface area contributed by atoms with Crippen molar-refractivity contribution in [2.24, 2.45) is 11.3 Å². The van der Waals surface area contributed by atoms with Crippen molar-refractivity contribution in [1.82, 2.24) is 0 Å². The Hall–Kier alpha value is -1.59. The van der Waals surface area contributed by atoms with Crippen LogP contribution in [0.3, 0.4) is 0 Å². The summed E-state index contributed by atoms with van der Waals surface area (Å²) in [4.78, 5) is 34.0. The topological polar surface area (TPSA) is 78.9 Å². The fraction of sp³-hybridized carbons (Fsp3) is 0.700. The van der Waals surface area contributed by atoms with Crippen molar-refractivity contribution in [2.45, 2.75) is 19.8 Å². The van der Waals surface area contributed by atoms with Gasteiger partial charge in [-0.15, -0.1) is 0 Å². The first-order chi connectivity index (χ1) is 7.61. The van der Waals surface area contributed by atoms with Gasteiger partial charge in [0.25, 0.3) is 0 Å². The molecule has 0 aromatic rings. The summed E-state index contributed by atoms with van der Waals surface area (Å²) in [6.07, 6.45) is -0.0146. The molecule has 1 heterocycles. The molecule has 1 saturated heterocycles. The largest absolute Gasteiger partial charge is 0.516 e. The second-order valence-corrected chi connectivity index (χ2v) is 3.87. The fourth-order valence-electron chi connectivity index (χ4n) is 2.00. The van der Waals surface area contributed by atoms with Crippen molar-refractivity contribution < 1.29 is 28.6 Å². The summed E-state index contributed by atoms with van der Waals surface area (Å²) in [6.45, 7) is 2.05. The lowest BCUT2D eigenvalue weighted by Gasteiger charge is -2.18. The first-order valence-electron chi connectivity index (χ1n) is 5.17. The van der Waals surface area contributed by atoms with Crippen molar-refractivity contribution in [3.05, 3.63) is 0 Å². The minimum absolute atomic E-state index is 0.0457. The van der Waals surface area contributed by atoms with Gasteiger partial charge in [0, 0.05) is 0 Å². The van der Waals surface area contributed by atoms with E-state index in [0.29, 0.717) is 19.4 Å². The number of rotatable bonds is 2. The van der Waals surface area contributed by atoms with Crippen molar-refractivity contribution in [3.8, 4) is 0 Å². The lowest BCUT2D eigenvalue weighted by Crippen LogP contribution is -2.36. The Morgan fingerprint density at radius 3 is 2.94 bits per heavy atom. The molecule has 2 atom stereocenters. The molecular formula is C10H12O6. The number of carbonyl (C=O) groups is 3. The molecule has 16 heavy (non-hydrogen) atoms. The van der Waals surface area contributed by atoms with Crippen LogP contribution in [0, 0.1) is 11.3 Å². The molecule has 2 fully saturated rings. The van der Waals surface area contributed by atoms with Gasteiger partial charge in [-0.05, 0) is 25.7 Å². The molecule has 0 aromatic carbocycles. The van der Waals surface area contributed by atoms with Gasteiger partial charge in [0.05, 0.1) is 13.2 Å². The minimum atomic E-state index is -1.23. The number of esters is 2. The van der Waals surface area contributed by atoms with Crippen LogP contribution in [-0.2, 0) is 23.8 Å². The van der Waals surface area contributed by atoms with Crippen LogP contribution in [0.2, 0.25) is 0 Å². The first-order valence-corrected chi connectivity index (χ1v) is 5.17. The lowest BCUT2D eigenvalue weighted by atomic mass is 10.0. The predicted molar refractivity (Wildman–Crippen MR) is 49.2 cm³/mol. The molecule has 6 heteroatoms. The Labute approximate surface area is 91.8 Å². The average molecular weight is 228 g/mol. The van der Waals surface area contributed by atoms with Crippen LogP contribution >= 0.6 is 0 Å². The molecule has 0 unspecified atom stereocenters. The third-order valence-corrected chi connectivity index (χ3v) is 2.97. The lowest BCUT2D eigenvalue weighted by molar-refractivity contribution is -0.166. The molecule has 0 bridgehead atoms. The van der Waals surface area contributed by atoms with Gasteiger partial charge >= 0.3 is 18.1 Å². The summed E-state index contributed by atoms with van der Waals surface area (Å²) >= 11 is 0. The van der Waals surface area contributed by atoms with Gasteiger partial charge in [0.15, 0.2) is 5.41 Å². The summed E-state index contributed by atoms with van der Waals surface area (Å²) in [7, 11) is 0. The molecule has 2 aliphatic rings. The second-order valence-electron chi connectivity index (χ2n) is 3.87. The van der Waals surface area contributed by atoms with E-state index >= 15 is 0 Å². The summed E-state index contributed by atoms with van der Waals surface area (Å²) in [5, 5.41) is 0. The third-order valence-electron chi connectivity index (χ3n) is 2.97. The smallest absolute Gasteiger partial charge is 0.465 e. The van der Waals surface area contributed by atoms with E-state index in [4.69, 9.17) is 4.74 Å². The summed E-state index contributed by atoms with van der Waals surface area (Å²) in [5.74, 6) is -1.48. The standard InChI is InChI=1S/C10H12O6/c1-2-14-9(13)16-8(12)10-5-6(10)3-4-15-7(10)11/h6H,2-5H2,1H3/t6-,10-/m0/s1. The molecule has 0 aromatic heterocycles. The normalized spacial score (nSPS) is 31.1. The number of cyclic esters (lactones) is 1. The summed E-state index contributed by atoms with van der Waals surface area (Å²) in [6, 6.07) is 0. The van der Waals surface area contributed by atoms with Gasteiger partial charge in [-0.3, -0.25) is 9.59 Å². The molecule has 1 saturated carbocycles. The summed E-state index contributed by atoms with van der Waals surface area (Å²) in [5.41, 5.74) is -1.23. The third kappa shape index (κ3) is 1.54. The first kappa shape index (κ1) is 10.9. The van der Waals surface area contributed by atoms with E-state index in [9.17, 15) is 14.4 Å². The maximum Gasteiger partial charge on any atom is 0.516 e. The molecular weight excluding hydrogens is 216 g/mol. The average Bonchev–Trinajstić information content (AvgIpc) is 2.95. The zero-order chi connectivity index (χ0) is 11.8. The van der Waals surface area contributed by atoms with Crippen LogP contribution in [0.25, 0.3) is 0 Å². The zero-order valence-electron chi connectivity index (χ0n) is 8.86. The highest BCUT2D eigenvalue weighted by atomic mass is 16.7. The predicted octanol–water partition coefficient (Wildman–Crippen LogP) is 0.639. The molecule has 0 amide bonds. The Morgan fingerprint density at radius 2 is 2.31 bits per heavy atom. The minimum Gasteiger partial charge on any atom is -0.465 e. The molecule has 1 aliphatic heterocycles. The van der Waals surface area contributed by atoms with Crippen LogP contribution in [-0.4, -0.2) is 31.3 Å². The van der Waals surface area contributed by atoms with Crippen LogP contribution in [0.15, 0.2) is 0 Å². The number of hydrogen-bond donors (Lipinski definition) is 0. The zero-order valence-corrected chi connectivity index (χ0v) is 8.86. The van der Waals surface area contributed by atoms with E-state index in [1.54, 1.807) is 6.92 Å². The van der Waals surface area contributed by atoms with Gasteiger partial charge in [0.2, 0.25) is 0 Å². The molecule has 0 radical (unpaired) electrons. The van der Waals surface area contributed by atoms with Gasteiger partial charge in [-0.2, -0.15) is 0 Å². The van der Waals surface area contributed by atoms with Crippen LogP contribution in [0.4, 0.5) is 4.79 Å². The number of carbonyl (C=O) groups excluding carboxylic acids is 3. The molecule has 6 nitrogen and oxygen atoms in total. The Kier molecular flexibility index (Phi) is 2.57. The maximum absolute atomic E-state index is 11.6. The molecule has 0 spiro atoms. The SMILES string of the molecule is CCOC(=O)OC(=O)[C@@]12C[C@@H]1CCOC2=O. The van der Waals surface area contributed by atoms with E-state index in [-0.39, 0.29) is 12.5 Å². The molecule has 88 valence electrons. The molecule has 0 N–H and O–H groups in total. The fourth-order valence-corrected chi connectivity index (χ4v) is 2.00. The van der Waals surface area contributed by atoms with Gasteiger partial charge in [-0.25, -0.2) is 4.79 Å². The van der Waals surface area contributed by atoms with Crippen molar-refractivity contribution in [1.29, 1.82) is 0 Å². The van der Waals surface area contributed by atoms with E-state index in [1.807, 2.05) is 0 Å². The van der Waals surface area contributed by atoms with Crippen molar-refractivity contribution in [3.63, 3.8) is 0 Å². The maximum atomic E-state index is 11.6. The Balaban J connectivity index is 2.00. The van der Waals surface area contributed by atoms with Crippen molar-refractivity contribution >= 4 is 18.1 Å². The van der Waals surface area contributed by atoms with E-state index < -0.39 is 23.5 Å². The number of hydrogen-bond acceptors (Lipinski definition) is 6. The quantitative estimate of drug-likeness (QED) is 0.509. The highest BCUT2D eigenvalue weighted by Crippen LogP contribution is 2.58. The molecule has 1 aliphatic carbocycles. The Morgan fingerprint density at radius 1 is 1.56 bits per heavy atom. The van der Waals surface area contributed by atoms with Gasteiger partial charge in [-0.1, -0.05) is 0 Å². The summed E-state index contributed by atoms with van der Waals surface area (Å²) < 4.78 is 13.7. The van der Waals surface area contributed by atoms with E-state index in [0.717, 1.165) is 0 Å². The highest BCUT2D eigenvalue weighted by molar-refractivity contribution is 6.06. The number of ether oxygens (including phenoxy) is 3. The number of fused-ring (bicyclic) bond motifs is 1. The van der Waals surface area contributed by atoms with E-state index in [2.05, 4.69) is 9.47 Å². The van der Waals surface area contributed by atoms with Crippen LogP contribution < -0.4 is 0 Å². The monoisotopic (exact) mass is 228 g/mol. The van der Waals surface area contributed by atoms with E-state index in [1.165, 1.54) is 0 Å². The van der Waals surface area contributed by atoms with Crippen LogP contribution in [0.5, 0.6) is 0 Å². The van der Waals surface area contributed by atoms with Gasteiger partial charge < -0.3 is 14.2 Å². The van der Waals surface area contributed by atoms with Gasteiger partial charge in [0.1, 0.15) is 0 Å². The second kappa shape index (κ2) is 3.77.